The molecule has 2 aliphatic rings. The number of unbranched alkanes of at least 4 members (excludes halogenated alkanes) is 5. The van der Waals surface area contributed by atoms with E-state index in [0.717, 1.165) is 17.3 Å². The second-order valence-corrected chi connectivity index (χ2v) is 7.36. The van der Waals surface area contributed by atoms with Crippen LogP contribution in [0.25, 0.3) is 0 Å². The lowest BCUT2D eigenvalue weighted by Gasteiger charge is -2.07. The Balaban J connectivity index is 1.39. The van der Waals surface area contributed by atoms with Gasteiger partial charge in [0.25, 0.3) is 0 Å². The van der Waals surface area contributed by atoms with Gasteiger partial charge in [-0.05, 0) is 62.2 Å². The van der Waals surface area contributed by atoms with Gasteiger partial charge in [0.05, 0.1) is 0 Å². The molecular formula is C19H34. The SMILES string of the molecule is CCCCCCCC=CCC(C)CCC1CC12CC2. The quantitative estimate of drug-likeness (QED) is 0.294. The molecule has 19 heavy (non-hydrogen) atoms. The van der Waals surface area contributed by atoms with Crippen LogP contribution in [-0.2, 0) is 0 Å². The van der Waals surface area contributed by atoms with Gasteiger partial charge < -0.3 is 0 Å². The number of hydrogen-bond donors (Lipinski definition) is 0. The largest absolute Gasteiger partial charge is 0.0885 e. The van der Waals surface area contributed by atoms with Crippen molar-refractivity contribution in [3.8, 4) is 0 Å². The summed E-state index contributed by atoms with van der Waals surface area (Å²) in [5, 5.41) is 0. The normalized spacial score (nSPS) is 25.1. The van der Waals surface area contributed by atoms with Gasteiger partial charge in [0, 0.05) is 0 Å². The lowest BCUT2D eigenvalue weighted by molar-refractivity contribution is 0.478. The van der Waals surface area contributed by atoms with Crippen molar-refractivity contribution in [1.29, 1.82) is 0 Å². The Hall–Kier alpha value is -0.260. The molecule has 0 aliphatic heterocycles. The number of hydrogen-bond acceptors (Lipinski definition) is 0. The Morgan fingerprint density at radius 1 is 1.11 bits per heavy atom. The first-order valence-corrected chi connectivity index (χ1v) is 8.92. The van der Waals surface area contributed by atoms with Crippen LogP contribution in [0.5, 0.6) is 0 Å². The fourth-order valence-electron chi connectivity index (χ4n) is 3.53. The van der Waals surface area contributed by atoms with E-state index in [9.17, 15) is 0 Å². The maximum Gasteiger partial charge on any atom is -0.0266 e. The second kappa shape index (κ2) is 7.50. The molecule has 2 saturated carbocycles. The van der Waals surface area contributed by atoms with Crippen LogP contribution < -0.4 is 0 Å². The minimum atomic E-state index is 0.910. The predicted octanol–water partition coefficient (Wildman–Crippen LogP) is 6.51. The highest BCUT2D eigenvalue weighted by Crippen LogP contribution is 2.72. The van der Waals surface area contributed by atoms with E-state index in [2.05, 4.69) is 26.0 Å². The van der Waals surface area contributed by atoms with Gasteiger partial charge in [-0.3, -0.25) is 0 Å². The first-order valence-electron chi connectivity index (χ1n) is 8.92. The molecule has 0 aromatic carbocycles. The average molecular weight is 262 g/mol. The summed E-state index contributed by atoms with van der Waals surface area (Å²) in [6.07, 6.45) is 22.2. The summed E-state index contributed by atoms with van der Waals surface area (Å²) in [7, 11) is 0. The fraction of sp³-hybridized carbons (Fsp3) is 0.895. The van der Waals surface area contributed by atoms with E-state index in [1.807, 2.05) is 0 Å². The van der Waals surface area contributed by atoms with Gasteiger partial charge >= 0.3 is 0 Å². The zero-order valence-electron chi connectivity index (χ0n) is 13.3. The van der Waals surface area contributed by atoms with Crippen molar-refractivity contribution in [2.45, 2.75) is 90.9 Å². The summed E-state index contributed by atoms with van der Waals surface area (Å²) in [6.45, 7) is 4.72. The van der Waals surface area contributed by atoms with Gasteiger partial charge in [0.2, 0.25) is 0 Å². The maximum atomic E-state index is 2.45. The smallest absolute Gasteiger partial charge is 0.0266 e. The van der Waals surface area contributed by atoms with Crippen molar-refractivity contribution in [2.24, 2.45) is 17.3 Å². The molecule has 1 spiro atoms. The molecule has 2 fully saturated rings. The third kappa shape index (κ3) is 5.32. The summed E-state index contributed by atoms with van der Waals surface area (Å²) >= 11 is 0. The van der Waals surface area contributed by atoms with E-state index in [1.165, 1.54) is 57.8 Å². The van der Waals surface area contributed by atoms with Crippen LogP contribution in [0, 0.1) is 17.3 Å². The summed E-state index contributed by atoms with van der Waals surface area (Å²) in [5.41, 5.74) is 0.925. The number of rotatable bonds is 11. The van der Waals surface area contributed by atoms with Crippen LogP contribution in [0.15, 0.2) is 12.2 Å². The lowest BCUT2D eigenvalue weighted by atomic mass is 9.98. The number of allylic oxidation sites excluding steroid dienone is 2. The molecule has 0 amide bonds. The van der Waals surface area contributed by atoms with E-state index in [4.69, 9.17) is 0 Å². The zero-order valence-corrected chi connectivity index (χ0v) is 13.3. The molecule has 0 heterocycles. The maximum absolute atomic E-state index is 2.45. The molecule has 110 valence electrons. The van der Waals surface area contributed by atoms with Gasteiger partial charge in [-0.1, -0.05) is 58.1 Å². The molecular weight excluding hydrogens is 228 g/mol. The molecule has 0 saturated heterocycles. The van der Waals surface area contributed by atoms with E-state index in [-0.39, 0.29) is 0 Å². The van der Waals surface area contributed by atoms with Gasteiger partial charge in [-0.25, -0.2) is 0 Å². The molecule has 0 nitrogen and oxygen atoms in total. The van der Waals surface area contributed by atoms with E-state index in [1.54, 1.807) is 19.3 Å². The molecule has 2 aliphatic carbocycles. The first kappa shape index (κ1) is 15.1. The van der Waals surface area contributed by atoms with Crippen LogP contribution in [0.2, 0.25) is 0 Å². The van der Waals surface area contributed by atoms with Crippen LogP contribution >= 0.6 is 0 Å². The monoisotopic (exact) mass is 262 g/mol. The van der Waals surface area contributed by atoms with Crippen molar-refractivity contribution >= 4 is 0 Å². The molecule has 2 unspecified atom stereocenters. The summed E-state index contributed by atoms with van der Waals surface area (Å²) in [4.78, 5) is 0. The minimum Gasteiger partial charge on any atom is -0.0885 e. The van der Waals surface area contributed by atoms with E-state index >= 15 is 0 Å². The molecule has 2 rings (SSSR count). The van der Waals surface area contributed by atoms with E-state index in [0.29, 0.717) is 0 Å². The Morgan fingerprint density at radius 3 is 2.58 bits per heavy atom. The van der Waals surface area contributed by atoms with Crippen LogP contribution in [0.3, 0.4) is 0 Å². The zero-order chi connectivity index (χ0) is 13.6. The highest BCUT2D eigenvalue weighted by molar-refractivity contribution is 5.11. The molecule has 2 atom stereocenters. The van der Waals surface area contributed by atoms with Crippen LogP contribution in [0.4, 0.5) is 0 Å². The Morgan fingerprint density at radius 2 is 1.89 bits per heavy atom. The lowest BCUT2D eigenvalue weighted by Crippen LogP contribution is -1.94. The highest BCUT2D eigenvalue weighted by Gasteiger charge is 2.61. The van der Waals surface area contributed by atoms with Gasteiger partial charge in [-0.15, -0.1) is 0 Å². The predicted molar refractivity (Wildman–Crippen MR) is 85.3 cm³/mol. The van der Waals surface area contributed by atoms with Gasteiger partial charge in [0.15, 0.2) is 0 Å². The molecule has 0 aromatic rings. The standard InChI is InChI=1S/C19H34/c1-3-4-5-6-7-8-9-10-11-17(2)12-13-18-16-19(18)14-15-19/h9-10,17-18H,3-8,11-16H2,1-2H3. The minimum absolute atomic E-state index is 0.910. The highest BCUT2D eigenvalue weighted by atomic mass is 14.7. The fourth-order valence-corrected chi connectivity index (χ4v) is 3.53. The first-order chi connectivity index (χ1) is 9.27. The third-order valence-corrected chi connectivity index (χ3v) is 5.44. The summed E-state index contributed by atoms with van der Waals surface area (Å²) in [5.74, 6) is 2.05. The van der Waals surface area contributed by atoms with Gasteiger partial charge in [-0.2, -0.15) is 0 Å². The Kier molecular flexibility index (Phi) is 5.98. The summed E-state index contributed by atoms with van der Waals surface area (Å²) in [6, 6.07) is 0. The average Bonchev–Trinajstić information content (AvgIpc) is 3.31. The van der Waals surface area contributed by atoms with Crippen molar-refractivity contribution in [1.82, 2.24) is 0 Å². The van der Waals surface area contributed by atoms with Crippen LogP contribution in [-0.4, -0.2) is 0 Å². The molecule has 0 aromatic heterocycles. The van der Waals surface area contributed by atoms with E-state index < -0.39 is 0 Å². The van der Waals surface area contributed by atoms with Gasteiger partial charge in [0.1, 0.15) is 0 Å². The Labute approximate surface area is 121 Å². The third-order valence-electron chi connectivity index (χ3n) is 5.44. The van der Waals surface area contributed by atoms with Crippen molar-refractivity contribution in [3.63, 3.8) is 0 Å². The van der Waals surface area contributed by atoms with Crippen molar-refractivity contribution in [2.75, 3.05) is 0 Å². The topological polar surface area (TPSA) is 0 Å². The van der Waals surface area contributed by atoms with Crippen molar-refractivity contribution in [3.05, 3.63) is 12.2 Å². The second-order valence-electron chi connectivity index (χ2n) is 7.36. The van der Waals surface area contributed by atoms with Crippen LogP contribution in [0.1, 0.15) is 90.9 Å². The summed E-state index contributed by atoms with van der Waals surface area (Å²) < 4.78 is 0. The molecule has 0 heteroatoms. The molecule has 0 N–H and O–H groups in total. The molecule has 0 bridgehead atoms. The Bertz CT molecular complexity index is 272. The molecule has 0 radical (unpaired) electrons. The van der Waals surface area contributed by atoms with Crippen molar-refractivity contribution < 1.29 is 0 Å².